The van der Waals surface area contributed by atoms with Crippen LogP contribution in [-0.2, 0) is 0 Å². The molecule has 2 unspecified atom stereocenters. The molecule has 6 heteroatoms. The first kappa shape index (κ1) is 13.3. The largest absolute Gasteiger partial charge is 0.388 e. The number of hydrogen-bond acceptors (Lipinski definition) is 5. The number of carbonyl (C=O) groups is 1. The highest BCUT2D eigenvalue weighted by Gasteiger charge is 2.33. The van der Waals surface area contributed by atoms with E-state index in [4.69, 9.17) is 5.73 Å². The Morgan fingerprint density at radius 1 is 1.78 bits per heavy atom. The molecule has 0 spiro atoms. The van der Waals surface area contributed by atoms with Gasteiger partial charge in [-0.3, -0.25) is 4.79 Å². The third-order valence-corrected chi connectivity index (χ3v) is 4.07. The van der Waals surface area contributed by atoms with Crippen LogP contribution in [-0.4, -0.2) is 28.1 Å². The summed E-state index contributed by atoms with van der Waals surface area (Å²) < 4.78 is 0. The van der Waals surface area contributed by atoms with Crippen LogP contribution in [0.5, 0.6) is 0 Å². The highest BCUT2D eigenvalue weighted by molar-refractivity contribution is 7.13. The fourth-order valence-corrected chi connectivity index (χ4v) is 3.06. The number of aliphatic hydroxyl groups is 1. The summed E-state index contributed by atoms with van der Waals surface area (Å²) in [6, 6.07) is 0. The molecule has 1 amide bonds. The Bertz CT molecular complexity index is 435. The number of aromatic nitrogens is 1. The quantitative estimate of drug-likeness (QED) is 0.774. The molecule has 1 fully saturated rings. The van der Waals surface area contributed by atoms with E-state index in [0.717, 1.165) is 25.7 Å². The number of amides is 1. The highest BCUT2D eigenvalue weighted by atomic mass is 32.1. The molecule has 1 aromatic rings. The van der Waals surface area contributed by atoms with Crippen molar-refractivity contribution in [2.45, 2.75) is 38.2 Å². The summed E-state index contributed by atoms with van der Waals surface area (Å²) in [4.78, 5) is 15.7. The molecule has 2 atom stereocenters. The minimum Gasteiger partial charge on any atom is -0.388 e. The van der Waals surface area contributed by atoms with E-state index in [1.54, 1.807) is 5.38 Å². The second-order valence-electron chi connectivity index (χ2n) is 5.18. The van der Waals surface area contributed by atoms with Gasteiger partial charge in [-0.05, 0) is 18.8 Å². The number of rotatable bonds is 3. The number of nitrogen functional groups attached to an aromatic ring is 1. The van der Waals surface area contributed by atoms with Crippen LogP contribution in [0.3, 0.4) is 0 Å². The average Bonchev–Trinajstić information content (AvgIpc) is 2.73. The highest BCUT2D eigenvalue weighted by Crippen LogP contribution is 2.31. The van der Waals surface area contributed by atoms with Gasteiger partial charge in [-0.25, -0.2) is 4.98 Å². The molecule has 1 aliphatic carbocycles. The van der Waals surface area contributed by atoms with Gasteiger partial charge in [0.2, 0.25) is 0 Å². The number of nitrogens with one attached hydrogen (secondary N) is 1. The van der Waals surface area contributed by atoms with Crippen LogP contribution in [0.25, 0.3) is 0 Å². The zero-order valence-electron chi connectivity index (χ0n) is 10.5. The van der Waals surface area contributed by atoms with Crippen molar-refractivity contribution >= 4 is 22.4 Å². The molecule has 4 N–H and O–H groups in total. The van der Waals surface area contributed by atoms with Crippen molar-refractivity contribution in [1.29, 1.82) is 0 Å². The van der Waals surface area contributed by atoms with Crippen LogP contribution in [0.4, 0.5) is 5.13 Å². The number of anilines is 1. The summed E-state index contributed by atoms with van der Waals surface area (Å²) in [6.45, 7) is 2.42. The molecule has 1 aromatic heterocycles. The Hall–Kier alpha value is -1.14. The van der Waals surface area contributed by atoms with E-state index in [1.807, 2.05) is 0 Å². The first-order valence-corrected chi connectivity index (χ1v) is 7.08. The molecule has 2 rings (SSSR count). The zero-order chi connectivity index (χ0) is 13.2. The predicted molar refractivity (Wildman–Crippen MR) is 71.4 cm³/mol. The summed E-state index contributed by atoms with van der Waals surface area (Å²) in [5.74, 6) is 0.241. The van der Waals surface area contributed by atoms with E-state index in [-0.39, 0.29) is 12.5 Å². The first-order valence-electron chi connectivity index (χ1n) is 6.20. The minimum atomic E-state index is -0.769. The van der Waals surface area contributed by atoms with Gasteiger partial charge in [0.25, 0.3) is 5.91 Å². The molecule has 0 aromatic carbocycles. The fourth-order valence-electron chi connectivity index (χ4n) is 2.52. The first-order chi connectivity index (χ1) is 8.48. The third-order valence-electron chi connectivity index (χ3n) is 3.40. The zero-order valence-corrected chi connectivity index (χ0v) is 11.3. The van der Waals surface area contributed by atoms with Crippen LogP contribution in [0.15, 0.2) is 5.38 Å². The minimum absolute atomic E-state index is 0.269. The molecule has 0 radical (unpaired) electrons. The normalized spacial score (nSPS) is 28.0. The van der Waals surface area contributed by atoms with Crippen molar-refractivity contribution in [1.82, 2.24) is 10.3 Å². The average molecular weight is 269 g/mol. The van der Waals surface area contributed by atoms with E-state index in [1.165, 1.54) is 11.3 Å². The van der Waals surface area contributed by atoms with Crippen molar-refractivity contribution in [2.24, 2.45) is 5.92 Å². The van der Waals surface area contributed by atoms with Gasteiger partial charge in [-0.15, -0.1) is 11.3 Å². The van der Waals surface area contributed by atoms with Gasteiger partial charge in [-0.1, -0.05) is 19.8 Å². The molecular formula is C12H19N3O2S. The lowest BCUT2D eigenvalue weighted by Gasteiger charge is -2.35. The van der Waals surface area contributed by atoms with E-state index in [0.29, 0.717) is 16.7 Å². The lowest BCUT2D eigenvalue weighted by molar-refractivity contribution is -0.0109. The Morgan fingerprint density at radius 2 is 2.56 bits per heavy atom. The number of carbonyl (C=O) groups excluding carboxylic acids is 1. The van der Waals surface area contributed by atoms with Gasteiger partial charge in [0.1, 0.15) is 5.69 Å². The molecule has 18 heavy (non-hydrogen) atoms. The molecule has 0 aliphatic heterocycles. The molecule has 5 nitrogen and oxygen atoms in total. The van der Waals surface area contributed by atoms with Crippen molar-refractivity contribution in [3.63, 3.8) is 0 Å². The summed E-state index contributed by atoms with van der Waals surface area (Å²) in [5, 5.41) is 15.1. The van der Waals surface area contributed by atoms with Gasteiger partial charge in [0, 0.05) is 11.9 Å². The fraction of sp³-hybridized carbons (Fsp3) is 0.667. The van der Waals surface area contributed by atoms with Gasteiger partial charge >= 0.3 is 0 Å². The Labute approximate surface area is 110 Å². The predicted octanol–water partition coefficient (Wildman–Crippen LogP) is 1.40. The summed E-state index contributed by atoms with van der Waals surface area (Å²) >= 11 is 1.24. The van der Waals surface area contributed by atoms with E-state index in [2.05, 4.69) is 17.2 Å². The van der Waals surface area contributed by atoms with Gasteiger partial charge < -0.3 is 16.2 Å². The third kappa shape index (κ3) is 3.20. The number of nitrogens with zero attached hydrogens (tertiary/aromatic N) is 1. The van der Waals surface area contributed by atoms with E-state index >= 15 is 0 Å². The topological polar surface area (TPSA) is 88.2 Å². The molecule has 1 aliphatic rings. The van der Waals surface area contributed by atoms with E-state index < -0.39 is 5.60 Å². The van der Waals surface area contributed by atoms with E-state index in [9.17, 15) is 9.90 Å². The smallest absolute Gasteiger partial charge is 0.270 e. The van der Waals surface area contributed by atoms with Crippen LogP contribution in [0.1, 0.15) is 43.1 Å². The van der Waals surface area contributed by atoms with Gasteiger partial charge in [0.05, 0.1) is 5.60 Å². The van der Waals surface area contributed by atoms with Gasteiger partial charge in [-0.2, -0.15) is 0 Å². The van der Waals surface area contributed by atoms with Crippen molar-refractivity contribution in [3.05, 3.63) is 11.1 Å². The summed E-state index contributed by atoms with van der Waals surface area (Å²) in [6.07, 6.45) is 3.65. The van der Waals surface area contributed by atoms with Gasteiger partial charge in [0.15, 0.2) is 5.13 Å². The van der Waals surface area contributed by atoms with Crippen LogP contribution in [0.2, 0.25) is 0 Å². The number of thiazole rings is 1. The maximum absolute atomic E-state index is 11.8. The van der Waals surface area contributed by atoms with Crippen LogP contribution >= 0.6 is 11.3 Å². The maximum atomic E-state index is 11.8. The van der Waals surface area contributed by atoms with Crippen molar-refractivity contribution < 1.29 is 9.90 Å². The molecule has 0 bridgehead atoms. The summed E-state index contributed by atoms with van der Waals surface area (Å²) in [7, 11) is 0. The standard InChI is InChI=1S/C12H19N3O2S/c1-8-3-2-4-12(17,5-8)7-14-10(16)9-6-18-11(13)15-9/h6,8,17H,2-5,7H2,1H3,(H2,13,15)(H,14,16). The lowest BCUT2D eigenvalue weighted by Crippen LogP contribution is -2.45. The Kier molecular flexibility index (Phi) is 3.87. The lowest BCUT2D eigenvalue weighted by atomic mass is 9.79. The molecule has 1 heterocycles. The number of nitrogens with two attached hydrogens (primary N) is 1. The Morgan fingerprint density at radius 3 is 3.17 bits per heavy atom. The Balaban J connectivity index is 1.89. The second kappa shape index (κ2) is 5.24. The SMILES string of the molecule is CC1CCCC(O)(CNC(=O)c2csc(N)n2)C1. The van der Waals surface area contributed by atoms with Crippen molar-refractivity contribution in [3.8, 4) is 0 Å². The molecule has 100 valence electrons. The summed E-state index contributed by atoms with van der Waals surface area (Å²) in [5.41, 5.74) is 5.03. The molecule has 0 saturated heterocycles. The number of hydrogen-bond donors (Lipinski definition) is 3. The molecule has 1 saturated carbocycles. The molecular weight excluding hydrogens is 250 g/mol. The van der Waals surface area contributed by atoms with Crippen molar-refractivity contribution in [2.75, 3.05) is 12.3 Å². The monoisotopic (exact) mass is 269 g/mol. The maximum Gasteiger partial charge on any atom is 0.270 e. The second-order valence-corrected chi connectivity index (χ2v) is 6.07. The van der Waals surface area contributed by atoms with Crippen LogP contribution in [0, 0.1) is 5.92 Å². The van der Waals surface area contributed by atoms with Crippen LogP contribution < -0.4 is 11.1 Å².